The van der Waals surface area contributed by atoms with E-state index in [-0.39, 0.29) is 24.0 Å². The van der Waals surface area contributed by atoms with E-state index in [1.807, 2.05) is 6.07 Å². The summed E-state index contributed by atoms with van der Waals surface area (Å²) < 4.78 is 69.3. The minimum Gasteiger partial charge on any atom is -0.471 e. The van der Waals surface area contributed by atoms with Crippen molar-refractivity contribution in [2.75, 3.05) is 24.6 Å². The van der Waals surface area contributed by atoms with Crippen LogP contribution in [0.2, 0.25) is 0 Å². The maximum Gasteiger partial charge on any atom is 0.433 e. The smallest absolute Gasteiger partial charge is 0.433 e. The second kappa shape index (κ2) is 9.43. The van der Waals surface area contributed by atoms with Crippen molar-refractivity contribution in [3.05, 3.63) is 58.8 Å². The zero-order valence-electron chi connectivity index (χ0n) is 19.6. The quantitative estimate of drug-likeness (QED) is 0.487. The monoisotopic (exact) mass is 522 g/mol. The van der Waals surface area contributed by atoms with Crippen molar-refractivity contribution in [1.29, 1.82) is 0 Å². The highest BCUT2D eigenvalue weighted by molar-refractivity contribution is 7.91. The molecule has 36 heavy (non-hydrogen) atoms. The van der Waals surface area contributed by atoms with Gasteiger partial charge in [0.25, 0.3) is 0 Å². The summed E-state index contributed by atoms with van der Waals surface area (Å²) in [6, 6.07) is 4.09. The first-order chi connectivity index (χ1) is 17.1. The Labute approximate surface area is 206 Å². The van der Waals surface area contributed by atoms with Crippen molar-refractivity contribution in [3.63, 3.8) is 0 Å². The average Bonchev–Trinajstić information content (AvgIpc) is 3.37. The Morgan fingerprint density at radius 2 is 2.00 bits per heavy atom. The maximum absolute atomic E-state index is 12.8. The number of nitrogens with zero attached hydrogens (tertiary/aromatic N) is 6. The van der Waals surface area contributed by atoms with E-state index in [0.717, 1.165) is 55.9 Å². The first-order valence-electron chi connectivity index (χ1n) is 11.6. The number of halogens is 3. The SMILES string of the molecule is Cc1nnn(-c2ccc(C(F)(F)F)nc2)c1COc1cc2c(cn1)CN(CC1CCS(=O)(=O)C1)CC2. The number of alkyl halides is 3. The van der Waals surface area contributed by atoms with Crippen LogP contribution in [0.4, 0.5) is 13.2 Å². The standard InChI is InChI=1S/C23H25F3N6O3S/c1-15-20(32(30-29-15)19-2-3-21(27-10-19)23(24,25)26)13-35-22-8-17-4-6-31(12-18(17)9-28-22)11-16-5-7-36(33,34)14-16/h2-3,8-10,16H,4-7,11-14H2,1H3. The van der Waals surface area contributed by atoms with Crippen LogP contribution in [-0.4, -0.2) is 62.9 Å². The van der Waals surface area contributed by atoms with Gasteiger partial charge in [-0.25, -0.2) is 23.1 Å². The number of hydrogen-bond acceptors (Lipinski definition) is 8. The van der Waals surface area contributed by atoms with Crippen molar-refractivity contribution in [2.24, 2.45) is 5.92 Å². The summed E-state index contributed by atoms with van der Waals surface area (Å²) >= 11 is 0. The van der Waals surface area contributed by atoms with E-state index in [1.54, 1.807) is 13.1 Å². The third-order valence-corrected chi connectivity index (χ3v) is 8.43. The lowest BCUT2D eigenvalue weighted by Crippen LogP contribution is -2.35. The highest BCUT2D eigenvalue weighted by Gasteiger charge is 2.32. The van der Waals surface area contributed by atoms with Crippen LogP contribution in [0.25, 0.3) is 5.69 Å². The lowest BCUT2D eigenvalue weighted by atomic mass is 10.0. The lowest BCUT2D eigenvalue weighted by Gasteiger charge is -2.30. The van der Waals surface area contributed by atoms with Crippen molar-refractivity contribution in [1.82, 2.24) is 29.9 Å². The van der Waals surface area contributed by atoms with Crippen molar-refractivity contribution >= 4 is 9.84 Å². The predicted molar refractivity (Wildman–Crippen MR) is 123 cm³/mol. The number of ether oxygens (including phenoxy) is 1. The number of hydrogen-bond donors (Lipinski definition) is 0. The van der Waals surface area contributed by atoms with Crippen LogP contribution in [0.5, 0.6) is 5.88 Å². The molecule has 0 bridgehead atoms. The molecule has 192 valence electrons. The van der Waals surface area contributed by atoms with E-state index in [0.29, 0.717) is 23.0 Å². The normalized spacial score (nSPS) is 19.8. The molecule has 0 aromatic carbocycles. The maximum atomic E-state index is 12.8. The second-order valence-corrected chi connectivity index (χ2v) is 11.5. The van der Waals surface area contributed by atoms with Crippen LogP contribution in [-0.2, 0) is 35.6 Å². The van der Waals surface area contributed by atoms with E-state index in [9.17, 15) is 21.6 Å². The Balaban J connectivity index is 1.23. The average molecular weight is 523 g/mol. The molecule has 0 spiro atoms. The van der Waals surface area contributed by atoms with E-state index < -0.39 is 21.7 Å². The molecular formula is C23H25F3N6O3S. The molecule has 1 unspecified atom stereocenters. The summed E-state index contributed by atoms with van der Waals surface area (Å²) in [6.45, 7) is 4.14. The summed E-state index contributed by atoms with van der Waals surface area (Å²) in [4.78, 5) is 10.2. The van der Waals surface area contributed by atoms with Gasteiger partial charge in [-0.1, -0.05) is 5.21 Å². The number of aromatic nitrogens is 5. The van der Waals surface area contributed by atoms with Crippen LogP contribution in [0.3, 0.4) is 0 Å². The zero-order chi connectivity index (χ0) is 25.5. The van der Waals surface area contributed by atoms with Gasteiger partial charge >= 0.3 is 6.18 Å². The molecule has 0 amide bonds. The molecule has 3 aromatic rings. The molecule has 1 fully saturated rings. The summed E-state index contributed by atoms with van der Waals surface area (Å²) in [5.41, 5.74) is 2.74. The zero-order valence-corrected chi connectivity index (χ0v) is 20.4. The fourth-order valence-corrected chi connectivity index (χ4v) is 6.51. The number of fused-ring (bicyclic) bond motifs is 1. The Bertz CT molecular complexity index is 1360. The molecule has 3 aromatic heterocycles. The molecule has 0 aliphatic carbocycles. The molecule has 0 saturated carbocycles. The molecule has 9 nitrogen and oxygen atoms in total. The number of sulfone groups is 1. The Morgan fingerprint density at radius 3 is 2.69 bits per heavy atom. The fourth-order valence-electron chi connectivity index (χ4n) is 4.66. The van der Waals surface area contributed by atoms with Gasteiger partial charge in [0.15, 0.2) is 9.84 Å². The van der Waals surface area contributed by atoms with E-state index >= 15 is 0 Å². The van der Waals surface area contributed by atoms with Gasteiger partial charge in [-0.3, -0.25) is 4.90 Å². The van der Waals surface area contributed by atoms with E-state index in [1.165, 1.54) is 10.7 Å². The van der Waals surface area contributed by atoms with Crippen molar-refractivity contribution in [2.45, 2.75) is 39.1 Å². The van der Waals surface area contributed by atoms with Gasteiger partial charge < -0.3 is 4.74 Å². The van der Waals surface area contributed by atoms with Gasteiger partial charge in [-0.2, -0.15) is 13.2 Å². The summed E-state index contributed by atoms with van der Waals surface area (Å²) in [6.07, 6.45) is -0.0999. The molecule has 2 aliphatic rings. The van der Waals surface area contributed by atoms with Crippen molar-refractivity contribution < 1.29 is 26.3 Å². The highest BCUT2D eigenvalue weighted by Crippen LogP contribution is 2.28. The van der Waals surface area contributed by atoms with Gasteiger partial charge in [0.1, 0.15) is 18.0 Å². The number of rotatable bonds is 6. The van der Waals surface area contributed by atoms with E-state index in [2.05, 4.69) is 25.2 Å². The lowest BCUT2D eigenvalue weighted by molar-refractivity contribution is -0.141. The summed E-state index contributed by atoms with van der Waals surface area (Å²) in [7, 11) is -2.88. The van der Waals surface area contributed by atoms with Crippen LogP contribution >= 0.6 is 0 Å². The molecule has 13 heteroatoms. The largest absolute Gasteiger partial charge is 0.471 e. The van der Waals surface area contributed by atoms with Gasteiger partial charge in [0.2, 0.25) is 5.88 Å². The topological polar surface area (TPSA) is 103 Å². The summed E-state index contributed by atoms with van der Waals surface area (Å²) in [5, 5.41) is 8.05. The molecule has 5 rings (SSSR count). The third kappa shape index (κ3) is 5.36. The molecule has 1 saturated heterocycles. The van der Waals surface area contributed by atoms with Crippen molar-refractivity contribution in [3.8, 4) is 11.6 Å². The fraction of sp³-hybridized carbons (Fsp3) is 0.478. The molecular weight excluding hydrogens is 497 g/mol. The number of aryl methyl sites for hydroxylation is 1. The number of pyridine rings is 2. The second-order valence-electron chi connectivity index (χ2n) is 9.27. The van der Waals surface area contributed by atoms with Crippen LogP contribution in [0.15, 0.2) is 30.6 Å². The minimum absolute atomic E-state index is 0.0773. The van der Waals surface area contributed by atoms with Crippen LogP contribution in [0, 0.1) is 12.8 Å². The highest BCUT2D eigenvalue weighted by atomic mass is 32.2. The summed E-state index contributed by atoms with van der Waals surface area (Å²) in [5.74, 6) is 1.18. The molecule has 0 radical (unpaired) electrons. The minimum atomic E-state index is -4.52. The Morgan fingerprint density at radius 1 is 1.17 bits per heavy atom. The molecule has 2 aliphatic heterocycles. The third-order valence-electron chi connectivity index (χ3n) is 6.59. The Hall–Kier alpha value is -3.06. The van der Waals surface area contributed by atoms with Gasteiger partial charge in [0.05, 0.1) is 29.1 Å². The molecule has 1 atom stereocenters. The first kappa shape index (κ1) is 24.6. The van der Waals surface area contributed by atoms with Gasteiger partial charge in [-0.05, 0) is 48.9 Å². The molecule has 0 N–H and O–H groups in total. The predicted octanol–water partition coefficient (Wildman–Crippen LogP) is 2.76. The van der Waals surface area contributed by atoms with Gasteiger partial charge in [-0.15, -0.1) is 5.10 Å². The Kier molecular flexibility index (Phi) is 6.45. The van der Waals surface area contributed by atoms with Gasteiger partial charge in [0, 0.05) is 31.9 Å². The molecule has 5 heterocycles. The van der Waals surface area contributed by atoms with Crippen LogP contribution < -0.4 is 4.74 Å². The van der Waals surface area contributed by atoms with E-state index in [4.69, 9.17) is 4.74 Å². The first-order valence-corrected chi connectivity index (χ1v) is 13.4. The van der Waals surface area contributed by atoms with Crippen LogP contribution in [0.1, 0.15) is 34.6 Å².